The van der Waals surface area contributed by atoms with Crippen LogP contribution >= 0.6 is 0 Å². The minimum Gasteiger partial charge on any atom is -0.373 e. The number of aromatic nitrogens is 1. The Morgan fingerprint density at radius 3 is 2.71 bits per heavy atom. The van der Waals surface area contributed by atoms with E-state index >= 15 is 0 Å². The molecule has 0 unspecified atom stereocenters. The first-order valence-corrected chi connectivity index (χ1v) is 7.62. The lowest BCUT2D eigenvalue weighted by atomic mass is 10.1. The highest BCUT2D eigenvalue weighted by Crippen LogP contribution is 2.22. The van der Waals surface area contributed by atoms with Crippen molar-refractivity contribution in [1.82, 2.24) is 4.98 Å². The average Bonchev–Trinajstić information content (AvgIpc) is 2.47. The van der Waals surface area contributed by atoms with Crippen LogP contribution < -0.4 is 10.0 Å². The van der Waals surface area contributed by atoms with Crippen LogP contribution in [0.25, 0.3) is 0 Å². The van der Waals surface area contributed by atoms with Crippen molar-refractivity contribution in [1.29, 1.82) is 5.26 Å². The molecule has 21 heavy (non-hydrogen) atoms. The van der Waals surface area contributed by atoms with E-state index in [4.69, 9.17) is 5.26 Å². The largest absolute Gasteiger partial charge is 0.373 e. The number of anilines is 2. The number of nitrogens with zero attached hydrogens (tertiary/aromatic N) is 2. The lowest BCUT2D eigenvalue weighted by Crippen LogP contribution is -2.14. The van der Waals surface area contributed by atoms with Gasteiger partial charge in [0.1, 0.15) is 11.9 Å². The second kappa shape index (κ2) is 5.81. The molecule has 0 saturated carbocycles. The monoisotopic (exact) mass is 302 g/mol. The molecule has 0 spiro atoms. The molecule has 0 radical (unpaired) electrons. The van der Waals surface area contributed by atoms with Crippen LogP contribution in [0.4, 0.5) is 11.5 Å². The molecule has 6 nitrogen and oxygen atoms in total. The topological polar surface area (TPSA) is 94.9 Å². The fraction of sp³-hybridized carbons (Fsp3) is 0.143. The number of hydrogen-bond acceptors (Lipinski definition) is 5. The number of benzene rings is 1. The van der Waals surface area contributed by atoms with Crippen LogP contribution in [-0.2, 0) is 10.0 Å². The normalized spacial score (nSPS) is 10.7. The van der Waals surface area contributed by atoms with Crippen molar-refractivity contribution in [3.63, 3.8) is 0 Å². The van der Waals surface area contributed by atoms with Gasteiger partial charge in [0, 0.05) is 19.3 Å². The van der Waals surface area contributed by atoms with Crippen LogP contribution in [0.5, 0.6) is 0 Å². The van der Waals surface area contributed by atoms with Crippen molar-refractivity contribution in [3.05, 3.63) is 47.7 Å². The predicted molar refractivity (Wildman–Crippen MR) is 80.5 cm³/mol. The van der Waals surface area contributed by atoms with Crippen molar-refractivity contribution in [2.24, 2.45) is 0 Å². The second-order valence-electron chi connectivity index (χ2n) is 4.34. The summed E-state index contributed by atoms with van der Waals surface area (Å²) in [5, 5.41) is 11.9. The van der Waals surface area contributed by atoms with E-state index in [1.807, 2.05) is 6.07 Å². The Morgan fingerprint density at radius 2 is 2.05 bits per heavy atom. The maximum absolute atomic E-state index is 12.4. The molecule has 2 rings (SSSR count). The lowest BCUT2D eigenvalue weighted by molar-refractivity contribution is 0.601. The second-order valence-corrected chi connectivity index (χ2v) is 6.02. The number of pyridine rings is 1. The summed E-state index contributed by atoms with van der Waals surface area (Å²) in [5.41, 5.74) is 1.28. The highest BCUT2D eigenvalue weighted by Gasteiger charge is 2.17. The van der Waals surface area contributed by atoms with Crippen LogP contribution in [0.15, 0.2) is 41.4 Å². The van der Waals surface area contributed by atoms with Gasteiger partial charge >= 0.3 is 0 Å². The molecule has 2 aromatic rings. The van der Waals surface area contributed by atoms with Crippen molar-refractivity contribution >= 4 is 21.5 Å². The van der Waals surface area contributed by atoms with Crippen LogP contribution in [0, 0.1) is 18.3 Å². The zero-order valence-electron chi connectivity index (χ0n) is 11.6. The van der Waals surface area contributed by atoms with E-state index in [0.29, 0.717) is 16.9 Å². The number of nitrogens with one attached hydrogen (secondary N) is 2. The molecule has 0 aliphatic carbocycles. The van der Waals surface area contributed by atoms with Gasteiger partial charge in [0.15, 0.2) is 0 Å². The minimum absolute atomic E-state index is 0.0762. The molecular formula is C14H14N4O2S. The number of sulfonamides is 1. The van der Waals surface area contributed by atoms with Crippen molar-refractivity contribution in [2.45, 2.75) is 11.8 Å². The van der Waals surface area contributed by atoms with E-state index in [0.717, 1.165) is 0 Å². The molecule has 0 fully saturated rings. The van der Waals surface area contributed by atoms with E-state index in [-0.39, 0.29) is 10.6 Å². The highest BCUT2D eigenvalue weighted by atomic mass is 32.2. The van der Waals surface area contributed by atoms with Crippen molar-refractivity contribution in [3.8, 4) is 6.07 Å². The molecular weight excluding hydrogens is 288 g/mol. The lowest BCUT2D eigenvalue weighted by Gasteiger charge is -2.11. The number of hydrogen-bond donors (Lipinski definition) is 2. The fourth-order valence-corrected chi connectivity index (χ4v) is 2.90. The Bertz CT molecular complexity index is 810. The first-order valence-electron chi connectivity index (χ1n) is 6.14. The standard InChI is InChI=1S/C14H14N4O2S/c1-10-4-3-5-13(12(10)9-15)18-21(19,20)11-6-7-17-14(8-11)16-2/h3-8,18H,1-2H3,(H,16,17). The number of nitriles is 1. The van der Waals surface area contributed by atoms with E-state index in [2.05, 4.69) is 15.0 Å². The minimum atomic E-state index is -3.78. The SMILES string of the molecule is CNc1cc(S(=O)(=O)Nc2cccc(C)c2C#N)ccn1. The molecule has 0 bridgehead atoms. The maximum atomic E-state index is 12.4. The zero-order valence-corrected chi connectivity index (χ0v) is 12.4. The summed E-state index contributed by atoms with van der Waals surface area (Å²) >= 11 is 0. The van der Waals surface area contributed by atoms with Gasteiger partial charge in [-0.15, -0.1) is 0 Å². The molecule has 0 atom stereocenters. The van der Waals surface area contributed by atoms with Crippen molar-refractivity contribution < 1.29 is 8.42 Å². The summed E-state index contributed by atoms with van der Waals surface area (Å²) in [5.74, 6) is 0.447. The summed E-state index contributed by atoms with van der Waals surface area (Å²) in [6, 6.07) is 9.83. The maximum Gasteiger partial charge on any atom is 0.262 e. The number of rotatable bonds is 4. The summed E-state index contributed by atoms with van der Waals surface area (Å²) in [4.78, 5) is 4.05. The van der Waals surface area contributed by atoms with Gasteiger partial charge in [-0.25, -0.2) is 13.4 Å². The van der Waals surface area contributed by atoms with Gasteiger partial charge in [-0.3, -0.25) is 4.72 Å². The third-order valence-electron chi connectivity index (χ3n) is 2.93. The van der Waals surface area contributed by atoms with Gasteiger partial charge in [0.2, 0.25) is 0 Å². The molecule has 0 amide bonds. The molecule has 1 aromatic heterocycles. The van der Waals surface area contributed by atoms with Gasteiger partial charge in [-0.2, -0.15) is 5.26 Å². The van der Waals surface area contributed by atoms with Gasteiger partial charge in [0.05, 0.1) is 16.1 Å². The molecule has 7 heteroatoms. The summed E-state index contributed by atoms with van der Waals surface area (Å²) < 4.78 is 27.2. The summed E-state index contributed by atoms with van der Waals surface area (Å²) in [6.45, 7) is 1.75. The highest BCUT2D eigenvalue weighted by molar-refractivity contribution is 7.92. The first kappa shape index (κ1) is 14.8. The van der Waals surface area contributed by atoms with Crippen LogP contribution in [0.1, 0.15) is 11.1 Å². The molecule has 1 aromatic carbocycles. The van der Waals surface area contributed by atoms with Gasteiger partial charge < -0.3 is 5.32 Å². The van der Waals surface area contributed by atoms with E-state index in [1.54, 1.807) is 32.2 Å². The Balaban J connectivity index is 2.43. The predicted octanol–water partition coefficient (Wildman–Crippen LogP) is 2.10. The molecule has 0 saturated heterocycles. The Kier molecular flexibility index (Phi) is 4.10. The third kappa shape index (κ3) is 3.12. The van der Waals surface area contributed by atoms with Crippen molar-refractivity contribution in [2.75, 3.05) is 17.1 Å². The first-order chi connectivity index (χ1) is 9.97. The number of aryl methyl sites for hydroxylation is 1. The summed E-state index contributed by atoms with van der Waals surface area (Å²) in [7, 11) is -2.12. The third-order valence-corrected chi connectivity index (χ3v) is 4.29. The zero-order chi connectivity index (χ0) is 15.5. The van der Waals surface area contributed by atoms with Crippen LogP contribution in [0.2, 0.25) is 0 Å². The fourth-order valence-electron chi connectivity index (χ4n) is 1.82. The van der Waals surface area contributed by atoms with E-state index in [9.17, 15) is 8.42 Å². The molecule has 108 valence electrons. The summed E-state index contributed by atoms with van der Waals surface area (Å²) in [6.07, 6.45) is 1.40. The van der Waals surface area contributed by atoms with E-state index < -0.39 is 10.0 Å². The molecule has 1 heterocycles. The molecule has 2 N–H and O–H groups in total. The Morgan fingerprint density at radius 1 is 1.29 bits per heavy atom. The Hall–Kier alpha value is -2.59. The van der Waals surface area contributed by atoms with Gasteiger partial charge in [-0.05, 0) is 24.6 Å². The van der Waals surface area contributed by atoms with E-state index in [1.165, 1.54) is 18.3 Å². The van der Waals surface area contributed by atoms with Gasteiger partial charge in [0.25, 0.3) is 10.0 Å². The average molecular weight is 302 g/mol. The molecule has 0 aliphatic rings. The smallest absolute Gasteiger partial charge is 0.262 e. The quantitative estimate of drug-likeness (QED) is 0.902. The van der Waals surface area contributed by atoms with Crippen LogP contribution in [-0.4, -0.2) is 20.4 Å². The molecule has 0 aliphatic heterocycles. The Labute approximate surface area is 123 Å². The van der Waals surface area contributed by atoms with Gasteiger partial charge in [-0.1, -0.05) is 12.1 Å². The van der Waals surface area contributed by atoms with Crippen LogP contribution in [0.3, 0.4) is 0 Å².